The summed E-state index contributed by atoms with van der Waals surface area (Å²) in [4.78, 5) is 22.9. The second-order valence-corrected chi connectivity index (χ2v) is 5.46. The monoisotopic (exact) mass is 279 g/mol. The Kier molecular flexibility index (Phi) is 3.83. The number of aliphatic carboxylic acids is 1. The minimum atomic E-state index is -0.882. The lowest BCUT2D eigenvalue weighted by molar-refractivity contribution is -0.140. The highest BCUT2D eigenvalue weighted by Crippen LogP contribution is 2.39. The Labute approximate surface area is 118 Å². The molecule has 1 aromatic heterocycles. The first-order valence-corrected chi connectivity index (χ1v) is 6.90. The predicted octanol–water partition coefficient (Wildman–Crippen LogP) is 1.32. The molecule has 1 fully saturated rings. The van der Waals surface area contributed by atoms with Crippen molar-refractivity contribution in [3.63, 3.8) is 0 Å². The lowest BCUT2D eigenvalue weighted by Crippen LogP contribution is -2.31. The molecule has 1 saturated carbocycles. The molecule has 1 aliphatic rings. The molecular formula is C14H21N3O3. The van der Waals surface area contributed by atoms with E-state index in [1.807, 2.05) is 27.8 Å². The molecule has 1 amide bonds. The van der Waals surface area contributed by atoms with Gasteiger partial charge in [-0.25, -0.2) is 0 Å². The number of carbonyl (C=O) groups excluding carboxylic acids is 1. The second-order valence-electron chi connectivity index (χ2n) is 5.46. The van der Waals surface area contributed by atoms with Crippen LogP contribution in [0.1, 0.15) is 42.8 Å². The van der Waals surface area contributed by atoms with Gasteiger partial charge in [-0.15, -0.1) is 0 Å². The highest BCUT2D eigenvalue weighted by molar-refractivity contribution is 5.89. The van der Waals surface area contributed by atoms with E-state index in [4.69, 9.17) is 5.11 Å². The average molecular weight is 279 g/mol. The normalized spacial score (nSPS) is 22.4. The molecule has 1 heterocycles. The number of carboxylic acids is 1. The van der Waals surface area contributed by atoms with Crippen LogP contribution >= 0.6 is 0 Å². The van der Waals surface area contributed by atoms with E-state index in [0.29, 0.717) is 6.42 Å². The number of nitrogens with zero attached hydrogens (tertiary/aromatic N) is 2. The third-order valence-corrected chi connectivity index (χ3v) is 4.08. The highest BCUT2D eigenvalue weighted by Gasteiger charge is 2.48. The lowest BCUT2D eigenvalue weighted by Gasteiger charge is -2.18. The summed E-state index contributed by atoms with van der Waals surface area (Å²) < 4.78 is 1.80. The molecule has 1 aromatic rings. The van der Waals surface area contributed by atoms with Crippen molar-refractivity contribution >= 4 is 11.9 Å². The Morgan fingerprint density at radius 1 is 1.45 bits per heavy atom. The molecule has 0 aliphatic heterocycles. The zero-order chi connectivity index (χ0) is 15.0. The minimum Gasteiger partial charge on any atom is -0.481 e. The van der Waals surface area contributed by atoms with Gasteiger partial charge >= 0.3 is 5.97 Å². The van der Waals surface area contributed by atoms with Crippen LogP contribution in [0.15, 0.2) is 0 Å². The van der Waals surface area contributed by atoms with Gasteiger partial charge in [0.15, 0.2) is 0 Å². The van der Waals surface area contributed by atoms with E-state index < -0.39 is 11.9 Å². The number of rotatable bonds is 5. The summed E-state index contributed by atoms with van der Waals surface area (Å²) in [5, 5.41) is 16.2. The van der Waals surface area contributed by atoms with Crippen LogP contribution in [0.25, 0.3) is 0 Å². The molecular weight excluding hydrogens is 258 g/mol. The van der Waals surface area contributed by atoms with Gasteiger partial charge in [0.2, 0.25) is 5.91 Å². The van der Waals surface area contributed by atoms with Crippen LogP contribution in [0.2, 0.25) is 0 Å². The molecule has 6 nitrogen and oxygen atoms in total. The molecule has 0 saturated heterocycles. The maximum atomic E-state index is 12.1. The van der Waals surface area contributed by atoms with Crippen molar-refractivity contribution in [2.45, 2.75) is 39.7 Å². The molecule has 2 rings (SSSR count). The van der Waals surface area contributed by atoms with Crippen molar-refractivity contribution in [2.24, 2.45) is 18.9 Å². The fraction of sp³-hybridized carbons (Fsp3) is 0.643. The van der Waals surface area contributed by atoms with Crippen LogP contribution in [0, 0.1) is 25.7 Å². The van der Waals surface area contributed by atoms with Gasteiger partial charge in [-0.1, -0.05) is 6.92 Å². The Hall–Kier alpha value is -1.85. The smallest absolute Gasteiger partial charge is 0.307 e. The molecule has 0 aromatic carbocycles. The summed E-state index contributed by atoms with van der Waals surface area (Å²) in [6.45, 7) is 5.90. The molecule has 20 heavy (non-hydrogen) atoms. The topological polar surface area (TPSA) is 84.2 Å². The quantitative estimate of drug-likeness (QED) is 0.851. The SMILES string of the molecule is CCC(NC(=O)C1CC1C(=O)O)c1c(C)nn(C)c1C. The first-order chi connectivity index (χ1) is 9.36. The van der Waals surface area contributed by atoms with Crippen molar-refractivity contribution in [1.29, 1.82) is 0 Å². The first kappa shape index (κ1) is 14.6. The molecule has 3 atom stereocenters. The van der Waals surface area contributed by atoms with Gasteiger partial charge in [0, 0.05) is 18.3 Å². The molecule has 3 unspecified atom stereocenters. The predicted molar refractivity (Wildman–Crippen MR) is 73.1 cm³/mol. The fourth-order valence-corrected chi connectivity index (χ4v) is 2.71. The lowest BCUT2D eigenvalue weighted by atomic mass is 10.0. The Morgan fingerprint density at radius 3 is 2.50 bits per heavy atom. The van der Waals surface area contributed by atoms with Crippen LogP contribution < -0.4 is 5.32 Å². The van der Waals surface area contributed by atoms with Gasteiger partial charge in [0.1, 0.15) is 0 Å². The number of hydrogen-bond donors (Lipinski definition) is 2. The van der Waals surface area contributed by atoms with Crippen LogP contribution in [-0.4, -0.2) is 26.8 Å². The number of nitrogens with one attached hydrogen (secondary N) is 1. The van der Waals surface area contributed by atoms with Gasteiger partial charge in [0.05, 0.1) is 23.6 Å². The van der Waals surface area contributed by atoms with Crippen LogP contribution in [0.4, 0.5) is 0 Å². The Balaban J connectivity index is 2.10. The van der Waals surface area contributed by atoms with Crippen LogP contribution in [-0.2, 0) is 16.6 Å². The summed E-state index contributed by atoms with van der Waals surface area (Å²) in [7, 11) is 1.88. The van der Waals surface area contributed by atoms with Crippen molar-refractivity contribution < 1.29 is 14.7 Å². The Morgan fingerprint density at radius 2 is 2.10 bits per heavy atom. The van der Waals surface area contributed by atoms with Crippen molar-refractivity contribution in [3.05, 3.63) is 17.0 Å². The van der Waals surface area contributed by atoms with E-state index in [9.17, 15) is 9.59 Å². The zero-order valence-corrected chi connectivity index (χ0v) is 12.3. The third kappa shape index (κ3) is 2.55. The number of carbonyl (C=O) groups is 2. The minimum absolute atomic E-state index is 0.105. The van der Waals surface area contributed by atoms with E-state index >= 15 is 0 Å². The molecule has 0 radical (unpaired) electrons. The number of aromatic nitrogens is 2. The summed E-state index contributed by atoms with van der Waals surface area (Å²) >= 11 is 0. The number of amides is 1. The standard InChI is InChI=1S/C14H21N3O3/c1-5-11(12-7(2)16-17(4)8(12)3)15-13(18)9-6-10(9)14(19)20/h9-11H,5-6H2,1-4H3,(H,15,18)(H,19,20). The number of hydrogen-bond acceptors (Lipinski definition) is 3. The highest BCUT2D eigenvalue weighted by atomic mass is 16.4. The maximum absolute atomic E-state index is 12.1. The molecule has 110 valence electrons. The summed E-state index contributed by atoms with van der Waals surface area (Å²) in [5.74, 6) is -1.93. The van der Waals surface area contributed by atoms with Gasteiger partial charge in [-0.2, -0.15) is 5.10 Å². The van der Waals surface area contributed by atoms with Gasteiger partial charge < -0.3 is 10.4 Å². The van der Waals surface area contributed by atoms with Crippen molar-refractivity contribution in [2.75, 3.05) is 0 Å². The maximum Gasteiger partial charge on any atom is 0.307 e. The molecule has 6 heteroatoms. The Bertz CT molecular complexity index is 550. The number of carboxylic acid groups (broad SMARTS) is 1. The fourth-order valence-electron chi connectivity index (χ4n) is 2.71. The summed E-state index contributed by atoms with van der Waals surface area (Å²) in [6.07, 6.45) is 1.20. The van der Waals surface area contributed by atoms with E-state index in [1.54, 1.807) is 4.68 Å². The summed E-state index contributed by atoms with van der Waals surface area (Å²) in [5.41, 5.74) is 2.97. The van der Waals surface area contributed by atoms with E-state index in [0.717, 1.165) is 23.4 Å². The van der Waals surface area contributed by atoms with Crippen LogP contribution in [0.5, 0.6) is 0 Å². The van der Waals surface area contributed by atoms with Crippen molar-refractivity contribution in [3.8, 4) is 0 Å². The first-order valence-electron chi connectivity index (χ1n) is 6.90. The zero-order valence-electron chi connectivity index (χ0n) is 12.3. The third-order valence-electron chi connectivity index (χ3n) is 4.08. The molecule has 0 bridgehead atoms. The number of aryl methyl sites for hydroxylation is 2. The molecule has 1 aliphatic carbocycles. The van der Waals surface area contributed by atoms with Gasteiger partial charge in [-0.05, 0) is 26.7 Å². The average Bonchev–Trinajstić information content (AvgIpc) is 3.13. The largest absolute Gasteiger partial charge is 0.481 e. The molecule has 0 spiro atoms. The van der Waals surface area contributed by atoms with E-state index in [1.165, 1.54) is 0 Å². The summed E-state index contributed by atoms with van der Waals surface area (Å²) in [6, 6.07) is -0.105. The molecule has 2 N–H and O–H groups in total. The van der Waals surface area contributed by atoms with Crippen molar-refractivity contribution in [1.82, 2.24) is 15.1 Å². The van der Waals surface area contributed by atoms with Gasteiger partial charge in [-0.3, -0.25) is 14.3 Å². The van der Waals surface area contributed by atoms with Gasteiger partial charge in [0.25, 0.3) is 0 Å². The van der Waals surface area contributed by atoms with Crippen LogP contribution in [0.3, 0.4) is 0 Å². The second kappa shape index (κ2) is 5.26. The van der Waals surface area contributed by atoms with E-state index in [2.05, 4.69) is 10.4 Å². The van der Waals surface area contributed by atoms with E-state index in [-0.39, 0.29) is 17.9 Å².